The molecule has 0 aromatic carbocycles. The van der Waals surface area contributed by atoms with Gasteiger partial charge in [0.15, 0.2) is 0 Å². The smallest absolute Gasteiger partial charge is 0.261 e. The van der Waals surface area contributed by atoms with Crippen molar-refractivity contribution in [3.8, 4) is 0 Å². The van der Waals surface area contributed by atoms with Crippen molar-refractivity contribution in [3.63, 3.8) is 0 Å². The third-order valence-electron chi connectivity index (χ3n) is 2.15. The van der Waals surface area contributed by atoms with Crippen LogP contribution in [0.5, 0.6) is 0 Å². The molecule has 0 saturated carbocycles. The maximum atomic E-state index is 11.6. The van der Waals surface area contributed by atoms with Gasteiger partial charge in [-0.3, -0.25) is 4.79 Å². The average molecular weight is 246 g/mol. The van der Waals surface area contributed by atoms with Crippen molar-refractivity contribution in [3.05, 3.63) is 21.9 Å². The lowest BCUT2D eigenvalue weighted by Crippen LogP contribution is -2.25. The summed E-state index contributed by atoms with van der Waals surface area (Å²) in [5.41, 5.74) is 0. The van der Waals surface area contributed by atoms with Gasteiger partial charge in [-0.2, -0.15) is 0 Å². The molecule has 15 heavy (non-hydrogen) atoms. The summed E-state index contributed by atoms with van der Waals surface area (Å²) in [4.78, 5) is 13.5. The highest BCUT2D eigenvalue weighted by molar-refractivity contribution is 7.13. The van der Waals surface area contributed by atoms with Gasteiger partial charge in [0.25, 0.3) is 5.91 Å². The van der Waals surface area contributed by atoms with Gasteiger partial charge in [0.1, 0.15) is 0 Å². The topological polar surface area (TPSA) is 29.1 Å². The van der Waals surface area contributed by atoms with Crippen LogP contribution in [0, 0.1) is 6.92 Å². The van der Waals surface area contributed by atoms with E-state index in [9.17, 15) is 4.79 Å². The van der Waals surface area contributed by atoms with E-state index in [1.165, 1.54) is 11.3 Å². The minimum Gasteiger partial charge on any atom is -0.351 e. The number of rotatable bonds is 5. The Labute approximate surface area is 99.6 Å². The number of carbonyl (C=O) groups is 1. The van der Waals surface area contributed by atoms with Gasteiger partial charge < -0.3 is 5.32 Å². The van der Waals surface area contributed by atoms with E-state index in [0.717, 1.165) is 22.6 Å². The van der Waals surface area contributed by atoms with Crippen LogP contribution in [0.15, 0.2) is 12.1 Å². The zero-order chi connectivity index (χ0) is 11.3. The molecule has 0 saturated heterocycles. The molecule has 84 valence electrons. The molecule has 1 atom stereocenters. The van der Waals surface area contributed by atoms with Crippen molar-refractivity contribution in [2.45, 2.75) is 32.1 Å². The van der Waals surface area contributed by atoms with Gasteiger partial charge >= 0.3 is 0 Å². The fourth-order valence-electron chi connectivity index (χ4n) is 1.19. The van der Waals surface area contributed by atoms with Crippen LogP contribution >= 0.6 is 22.9 Å². The fourth-order valence-corrected chi connectivity index (χ4v) is 2.08. The maximum absolute atomic E-state index is 11.6. The quantitative estimate of drug-likeness (QED) is 0.794. The molecule has 1 amide bonds. The van der Waals surface area contributed by atoms with Gasteiger partial charge in [-0.05, 0) is 31.9 Å². The largest absolute Gasteiger partial charge is 0.351 e. The van der Waals surface area contributed by atoms with Crippen LogP contribution in [0.25, 0.3) is 0 Å². The SMILES string of the molecule is CCC(Cl)CCNC(=O)c1ccc(C)s1. The highest BCUT2D eigenvalue weighted by atomic mass is 35.5. The minimum absolute atomic E-state index is 0.00747. The molecule has 1 aromatic rings. The molecular weight excluding hydrogens is 230 g/mol. The Morgan fingerprint density at radius 1 is 1.60 bits per heavy atom. The number of hydrogen-bond acceptors (Lipinski definition) is 2. The lowest BCUT2D eigenvalue weighted by atomic mass is 10.2. The third kappa shape index (κ3) is 4.22. The van der Waals surface area contributed by atoms with E-state index in [0.29, 0.717) is 6.54 Å². The van der Waals surface area contributed by atoms with Crippen LogP contribution in [0.1, 0.15) is 34.3 Å². The second kappa shape index (κ2) is 6.13. The summed E-state index contributed by atoms with van der Waals surface area (Å²) in [6, 6.07) is 3.81. The highest BCUT2D eigenvalue weighted by Gasteiger charge is 2.08. The Hall–Kier alpha value is -0.540. The monoisotopic (exact) mass is 245 g/mol. The molecule has 2 nitrogen and oxygen atoms in total. The van der Waals surface area contributed by atoms with E-state index in [-0.39, 0.29) is 11.3 Å². The van der Waals surface area contributed by atoms with E-state index in [1.807, 2.05) is 26.0 Å². The van der Waals surface area contributed by atoms with Crippen molar-refractivity contribution in [1.29, 1.82) is 0 Å². The van der Waals surface area contributed by atoms with Gasteiger partial charge in [0.05, 0.1) is 4.88 Å². The predicted molar refractivity (Wildman–Crippen MR) is 65.9 cm³/mol. The zero-order valence-electron chi connectivity index (χ0n) is 9.05. The van der Waals surface area contributed by atoms with Crippen molar-refractivity contribution in [2.24, 2.45) is 0 Å². The van der Waals surface area contributed by atoms with Gasteiger partial charge in [-0.15, -0.1) is 22.9 Å². The summed E-state index contributed by atoms with van der Waals surface area (Å²) < 4.78 is 0. The Balaban J connectivity index is 2.31. The summed E-state index contributed by atoms with van der Waals surface area (Å²) in [6.07, 6.45) is 1.77. The predicted octanol–water partition coefficient (Wildman–Crippen LogP) is 3.19. The molecule has 1 N–H and O–H groups in total. The lowest BCUT2D eigenvalue weighted by Gasteiger charge is -2.06. The third-order valence-corrected chi connectivity index (χ3v) is 3.68. The summed E-state index contributed by atoms with van der Waals surface area (Å²) in [5.74, 6) is 0.00747. The van der Waals surface area contributed by atoms with Crippen LogP contribution in [0.3, 0.4) is 0 Å². The normalized spacial score (nSPS) is 12.5. The summed E-state index contributed by atoms with van der Waals surface area (Å²) >= 11 is 7.47. The van der Waals surface area contributed by atoms with E-state index < -0.39 is 0 Å². The Morgan fingerprint density at radius 3 is 2.87 bits per heavy atom. The van der Waals surface area contributed by atoms with Crippen molar-refractivity contribution in [1.82, 2.24) is 5.32 Å². The number of thiophene rings is 1. The molecule has 0 aliphatic carbocycles. The molecular formula is C11H16ClNOS. The van der Waals surface area contributed by atoms with Crippen molar-refractivity contribution < 1.29 is 4.79 Å². The number of alkyl halides is 1. The van der Waals surface area contributed by atoms with Gasteiger partial charge in [0, 0.05) is 16.8 Å². The van der Waals surface area contributed by atoms with Crippen molar-refractivity contribution >= 4 is 28.8 Å². The fraction of sp³-hybridized carbons (Fsp3) is 0.545. The van der Waals surface area contributed by atoms with E-state index in [1.54, 1.807) is 0 Å². The Morgan fingerprint density at radius 2 is 2.33 bits per heavy atom. The first kappa shape index (κ1) is 12.5. The number of nitrogens with one attached hydrogen (secondary N) is 1. The van der Waals surface area contributed by atoms with Crippen LogP contribution < -0.4 is 5.32 Å². The minimum atomic E-state index is 0.00747. The molecule has 0 bridgehead atoms. The zero-order valence-corrected chi connectivity index (χ0v) is 10.6. The van der Waals surface area contributed by atoms with Gasteiger partial charge in [-0.25, -0.2) is 0 Å². The first-order valence-corrected chi connectivity index (χ1v) is 6.37. The van der Waals surface area contributed by atoms with Crippen LogP contribution in [-0.2, 0) is 0 Å². The maximum Gasteiger partial charge on any atom is 0.261 e. The number of halogens is 1. The number of hydrogen-bond donors (Lipinski definition) is 1. The molecule has 0 spiro atoms. The second-order valence-corrected chi connectivity index (χ2v) is 5.37. The molecule has 1 unspecified atom stereocenters. The number of amides is 1. The van der Waals surface area contributed by atoms with E-state index >= 15 is 0 Å². The summed E-state index contributed by atoms with van der Waals surface area (Å²) in [5, 5.41) is 3.03. The summed E-state index contributed by atoms with van der Waals surface area (Å²) in [7, 11) is 0. The van der Waals surface area contributed by atoms with Gasteiger partial charge in [-0.1, -0.05) is 6.92 Å². The molecule has 4 heteroatoms. The van der Waals surface area contributed by atoms with E-state index in [2.05, 4.69) is 5.32 Å². The Kier molecular flexibility index (Phi) is 5.12. The van der Waals surface area contributed by atoms with Crippen LogP contribution in [0.4, 0.5) is 0 Å². The number of aryl methyl sites for hydroxylation is 1. The Bertz CT molecular complexity index is 324. The first-order chi connectivity index (χ1) is 7.13. The molecule has 0 aliphatic rings. The molecule has 0 fully saturated rings. The molecule has 1 rings (SSSR count). The van der Waals surface area contributed by atoms with Crippen LogP contribution in [0.2, 0.25) is 0 Å². The van der Waals surface area contributed by atoms with Gasteiger partial charge in [0.2, 0.25) is 0 Å². The second-order valence-electron chi connectivity index (χ2n) is 3.46. The van der Waals surface area contributed by atoms with Crippen molar-refractivity contribution in [2.75, 3.05) is 6.54 Å². The van der Waals surface area contributed by atoms with E-state index in [4.69, 9.17) is 11.6 Å². The lowest BCUT2D eigenvalue weighted by molar-refractivity contribution is 0.0957. The summed E-state index contributed by atoms with van der Waals surface area (Å²) in [6.45, 7) is 4.69. The first-order valence-electron chi connectivity index (χ1n) is 5.12. The molecule has 0 radical (unpaired) electrons. The highest BCUT2D eigenvalue weighted by Crippen LogP contribution is 2.14. The average Bonchev–Trinajstić information content (AvgIpc) is 2.64. The molecule has 0 aliphatic heterocycles. The van der Waals surface area contributed by atoms with Crippen LogP contribution in [-0.4, -0.2) is 17.8 Å². The molecule has 1 heterocycles. The number of carbonyl (C=O) groups excluding carboxylic acids is 1. The molecule has 1 aromatic heterocycles. The standard InChI is InChI=1S/C11H16ClNOS/c1-3-9(12)6-7-13-11(14)10-5-4-8(2)15-10/h4-5,9H,3,6-7H2,1-2H3,(H,13,14).